The van der Waals surface area contributed by atoms with Crippen LogP contribution in [0.4, 0.5) is 0 Å². The molecule has 1 rings (SSSR count). The summed E-state index contributed by atoms with van der Waals surface area (Å²) in [6.07, 6.45) is -2.25. The summed E-state index contributed by atoms with van der Waals surface area (Å²) in [5.41, 5.74) is 0. The van der Waals surface area contributed by atoms with E-state index in [1.54, 1.807) is 0 Å². The zero-order chi connectivity index (χ0) is 3.91. The maximum Gasteiger partial charge on any atom is 0.461 e. The first kappa shape index (κ1) is 7.19. The number of aliphatic hydroxyl groups is 2. The SMILES string of the molecule is OC1(O)OO1.[Nd]. The minimum atomic E-state index is -2.25. The molecule has 1 saturated heterocycles. The van der Waals surface area contributed by atoms with E-state index in [4.69, 9.17) is 10.2 Å². The second kappa shape index (κ2) is 1.97. The van der Waals surface area contributed by atoms with Crippen LogP contribution >= 0.6 is 0 Å². The first-order valence-corrected chi connectivity index (χ1v) is 1.02. The van der Waals surface area contributed by atoms with Crippen LogP contribution in [0.5, 0.6) is 0 Å². The number of rotatable bonds is 0. The third kappa shape index (κ3) is 2.38. The van der Waals surface area contributed by atoms with Crippen molar-refractivity contribution < 1.29 is 60.8 Å². The van der Waals surface area contributed by atoms with Gasteiger partial charge in [0.25, 0.3) is 0 Å². The molecule has 0 unspecified atom stereocenters. The molecule has 0 atom stereocenters. The molecule has 2 N–H and O–H groups in total. The zero-order valence-corrected chi connectivity index (χ0v) is 5.92. The molecule has 5 heteroatoms. The summed E-state index contributed by atoms with van der Waals surface area (Å²) in [6, 6.07) is 0. The normalized spacial score (nSPS) is 25.0. The molecule has 0 bridgehead atoms. The van der Waals surface area contributed by atoms with E-state index in [0.717, 1.165) is 0 Å². The molecule has 0 aliphatic carbocycles. The van der Waals surface area contributed by atoms with Gasteiger partial charge in [-0.05, 0) is 0 Å². The van der Waals surface area contributed by atoms with Gasteiger partial charge in [-0.3, -0.25) is 0 Å². The fraction of sp³-hybridized carbons (Fsp3) is 1.00. The van der Waals surface area contributed by atoms with E-state index < -0.39 is 6.16 Å². The third-order valence-corrected chi connectivity index (χ3v) is 0.232. The molecule has 4 nitrogen and oxygen atoms in total. The van der Waals surface area contributed by atoms with Gasteiger partial charge in [-0.2, -0.15) is 0 Å². The Morgan fingerprint density at radius 1 is 1.17 bits per heavy atom. The van der Waals surface area contributed by atoms with Crippen LogP contribution in [0.1, 0.15) is 0 Å². The minimum absolute atomic E-state index is 0. The molecular weight excluding hydrogens is 220 g/mol. The Balaban J connectivity index is 0.000000250. The maximum absolute atomic E-state index is 7.74. The predicted octanol–water partition coefficient (Wildman–Crippen LogP) is -1.46. The molecule has 1 aliphatic heterocycles. The minimum Gasteiger partial charge on any atom is -0.315 e. The Hall–Kier alpha value is 1.19. The average Bonchev–Trinajstić information content (AvgIpc) is 1.76. The van der Waals surface area contributed by atoms with Crippen molar-refractivity contribution in [3.63, 3.8) is 0 Å². The largest absolute Gasteiger partial charge is 0.461 e. The average molecular weight is 222 g/mol. The van der Waals surface area contributed by atoms with Crippen molar-refractivity contribution in [3.8, 4) is 0 Å². The van der Waals surface area contributed by atoms with Crippen LogP contribution < -0.4 is 0 Å². The first-order chi connectivity index (χ1) is 2.21. The molecule has 6 heavy (non-hydrogen) atoms. The molecule has 1 fully saturated rings. The predicted molar refractivity (Wildman–Crippen MR) is 9.34 cm³/mol. The Morgan fingerprint density at radius 3 is 1.33 bits per heavy atom. The Kier molecular flexibility index (Phi) is 2.37. The summed E-state index contributed by atoms with van der Waals surface area (Å²) >= 11 is 0. The van der Waals surface area contributed by atoms with Crippen molar-refractivity contribution in [1.29, 1.82) is 0 Å². The standard InChI is InChI=1S/CH2O4.Nd/c2-1(3)4-5-1;/h2-3H;. The Morgan fingerprint density at radius 2 is 1.33 bits per heavy atom. The quantitative estimate of drug-likeness (QED) is 0.299. The molecule has 1 heterocycles. The summed E-state index contributed by atoms with van der Waals surface area (Å²) in [5, 5.41) is 15.5. The van der Waals surface area contributed by atoms with Crippen LogP contribution in [-0.2, 0) is 9.78 Å². The van der Waals surface area contributed by atoms with Crippen molar-refractivity contribution in [2.24, 2.45) is 0 Å². The van der Waals surface area contributed by atoms with Crippen LogP contribution in [-0.4, -0.2) is 16.4 Å². The van der Waals surface area contributed by atoms with E-state index in [2.05, 4.69) is 9.78 Å². The molecule has 0 aromatic carbocycles. The van der Waals surface area contributed by atoms with Crippen molar-refractivity contribution in [1.82, 2.24) is 0 Å². The van der Waals surface area contributed by atoms with E-state index in [0.29, 0.717) is 0 Å². The van der Waals surface area contributed by atoms with E-state index in [-0.39, 0.29) is 40.8 Å². The molecule has 0 saturated carbocycles. The third-order valence-electron chi connectivity index (χ3n) is 0.232. The molecule has 1 aliphatic rings. The molecular formula is CH2NdO4. The fourth-order valence-corrected chi connectivity index (χ4v) is 0.0373. The summed E-state index contributed by atoms with van der Waals surface area (Å²) in [4.78, 5) is 7.01. The zero-order valence-electron chi connectivity index (χ0n) is 2.71. The smallest absolute Gasteiger partial charge is 0.315 e. The van der Waals surface area contributed by atoms with Gasteiger partial charge in [0.2, 0.25) is 0 Å². The van der Waals surface area contributed by atoms with Gasteiger partial charge < -0.3 is 10.2 Å². The summed E-state index contributed by atoms with van der Waals surface area (Å²) in [7, 11) is 0. The van der Waals surface area contributed by atoms with Crippen molar-refractivity contribution in [3.05, 3.63) is 0 Å². The van der Waals surface area contributed by atoms with E-state index in [9.17, 15) is 0 Å². The van der Waals surface area contributed by atoms with E-state index in [1.165, 1.54) is 0 Å². The summed E-state index contributed by atoms with van der Waals surface area (Å²) in [5.74, 6) is 0. The molecule has 0 spiro atoms. The molecule has 0 amide bonds. The van der Waals surface area contributed by atoms with Crippen LogP contribution in [0.25, 0.3) is 0 Å². The molecule has 0 radical (unpaired) electrons. The number of hydrogen-bond acceptors (Lipinski definition) is 4. The molecule has 0 aromatic rings. The van der Waals surface area contributed by atoms with E-state index >= 15 is 0 Å². The summed E-state index contributed by atoms with van der Waals surface area (Å²) in [6.45, 7) is 0. The Labute approximate surface area is 66.5 Å². The topological polar surface area (TPSA) is 65.5 Å². The Bertz CT molecular complexity index is 45.5. The van der Waals surface area contributed by atoms with Crippen molar-refractivity contribution in [2.45, 2.75) is 6.16 Å². The van der Waals surface area contributed by atoms with Gasteiger partial charge in [0.1, 0.15) is 0 Å². The second-order valence-electron chi connectivity index (χ2n) is 0.715. The van der Waals surface area contributed by atoms with Crippen LogP contribution in [0.3, 0.4) is 0 Å². The van der Waals surface area contributed by atoms with Gasteiger partial charge in [0.05, 0.1) is 0 Å². The van der Waals surface area contributed by atoms with Gasteiger partial charge in [-0.15, -0.1) is 9.78 Å². The number of hydrogen-bond donors (Lipinski definition) is 2. The van der Waals surface area contributed by atoms with Crippen LogP contribution in [0.2, 0.25) is 0 Å². The maximum atomic E-state index is 7.74. The van der Waals surface area contributed by atoms with Gasteiger partial charge in [-0.25, -0.2) is 0 Å². The van der Waals surface area contributed by atoms with Crippen LogP contribution in [0.15, 0.2) is 0 Å². The molecule has 34 valence electrons. The van der Waals surface area contributed by atoms with Gasteiger partial charge in [0.15, 0.2) is 0 Å². The van der Waals surface area contributed by atoms with Crippen molar-refractivity contribution >= 4 is 0 Å². The monoisotopic (exact) mass is 220 g/mol. The second-order valence-corrected chi connectivity index (χ2v) is 0.715. The van der Waals surface area contributed by atoms with E-state index in [1.807, 2.05) is 0 Å². The van der Waals surface area contributed by atoms with Gasteiger partial charge in [0, 0.05) is 40.8 Å². The van der Waals surface area contributed by atoms with Gasteiger partial charge in [-0.1, -0.05) is 0 Å². The molecule has 0 aromatic heterocycles. The van der Waals surface area contributed by atoms with Crippen LogP contribution in [0, 0.1) is 40.8 Å². The summed E-state index contributed by atoms with van der Waals surface area (Å²) < 4.78 is 0. The fourth-order valence-electron chi connectivity index (χ4n) is 0.0373. The van der Waals surface area contributed by atoms with Crippen molar-refractivity contribution in [2.75, 3.05) is 0 Å². The first-order valence-electron chi connectivity index (χ1n) is 1.02. The van der Waals surface area contributed by atoms with Gasteiger partial charge >= 0.3 is 6.16 Å².